The molecule has 3 nitrogen and oxygen atoms in total. The van der Waals surface area contributed by atoms with Crippen LogP contribution in [0.1, 0.15) is 24.8 Å². The first kappa shape index (κ1) is 13.7. The monoisotopic (exact) mass is 286 g/mol. The van der Waals surface area contributed by atoms with Gasteiger partial charge in [0.1, 0.15) is 0 Å². The molecule has 0 aromatic heterocycles. The molecule has 1 heterocycles. The molecular formula is C13H16Cl2N2O. The van der Waals surface area contributed by atoms with Gasteiger partial charge in [0.2, 0.25) is 5.91 Å². The zero-order valence-corrected chi connectivity index (χ0v) is 11.5. The zero-order valence-electron chi connectivity index (χ0n) is 10.0. The number of hydrogen-bond donors (Lipinski definition) is 2. The van der Waals surface area contributed by atoms with E-state index < -0.39 is 0 Å². The van der Waals surface area contributed by atoms with Crippen LogP contribution in [0.5, 0.6) is 0 Å². The first-order valence-electron chi connectivity index (χ1n) is 6.10. The molecule has 1 amide bonds. The summed E-state index contributed by atoms with van der Waals surface area (Å²) in [5.74, 6) is 0.147. The summed E-state index contributed by atoms with van der Waals surface area (Å²) in [5, 5.41) is 7.44. The van der Waals surface area contributed by atoms with Crippen LogP contribution < -0.4 is 10.6 Å². The van der Waals surface area contributed by atoms with Crippen LogP contribution in [0.15, 0.2) is 18.2 Å². The van der Waals surface area contributed by atoms with Gasteiger partial charge in [0.25, 0.3) is 0 Å². The average molecular weight is 287 g/mol. The molecule has 2 N–H and O–H groups in total. The predicted octanol–water partition coefficient (Wildman–Crippen LogP) is 2.75. The van der Waals surface area contributed by atoms with Gasteiger partial charge >= 0.3 is 0 Å². The summed E-state index contributed by atoms with van der Waals surface area (Å²) < 4.78 is 0. The van der Waals surface area contributed by atoms with Crippen LogP contribution in [0, 0.1) is 0 Å². The van der Waals surface area contributed by atoms with Crippen LogP contribution in [0.4, 0.5) is 0 Å². The molecule has 0 saturated carbocycles. The fourth-order valence-electron chi connectivity index (χ4n) is 2.10. The van der Waals surface area contributed by atoms with E-state index in [2.05, 4.69) is 10.6 Å². The van der Waals surface area contributed by atoms with Crippen molar-refractivity contribution in [2.75, 3.05) is 6.54 Å². The van der Waals surface area contributed by atoms with Crippen LogP contribution in [-0.4, -0.2) is 18.5 Å². The number of piperidine rings is 1. The summed E-state index contributed by atoms with van der Waals surface area (Å²) in [6.07, 6.45) is 2.65. The van der Waals surface area contributed by atoms with Gasteiger partial charge in [0.05, 0.1) is 10.0 Å². The summed E-state index contributed by atoms with van der Waals surface area (Å²) in [6.45, 7) is 1.42. The molecule has 1 atom stereocenters. The Balaban J connectivity index is 1.81. The SMILES string of the molecule is O=C1CCC[C@H](CNCc2cccc(Cl)c2Cl)N1. The standard InChI is InChI=1S/C13H16Cl2N2O/c14-11-5-1-3-9(13(11)15)7-16-8-10-4-2-6-12(18)17-10/h1,3,5,10,16H,2,4,6-8H2,(H,17,18)/t10-/m1/s1. The molecule has 1 aliphatic heterocycles. The van der Waals surface area contributed by atoms with Gasteiger partial charge in [-0.25, -0.2) is 0 Å². The lowest BCUT2D eigenvalue weighted by atomic mass is 10.0. The molecule has 1 fully saturated rings. The molecule has 2 rings (SSSR count). The van der Waals surface area contributed by atoms with Crippen LogP contribution in [0.2, 0.25) is 10.0 Å². The van der Waals surface area contributed by atoms with E-state index in [1.54, 1.807) is 6.07 Å². The number of benzene rings is 1. The molecule has 1 aliphatic rings. The molecule has 18 heavy (non-hydrogen) atoms. The number of hydrogen-bond acceptors (Lipinski definition) is 2. The van der Waals surface area contributed by atoms with Crippen molar-refractivity contribution in [1.29, 1.82) is 0 Å². The van der Waals surface area contributed by atoms with Gasteiger partial charge in [0.15, 0.2) is 0 Å². The van der Waals surface area contributed by atoms with Crippen LogP contribution in [0.3, 0.4) is 0 Å². The van der Waals surface area contributed by atoms with Gasteiger partial charge in [-0.2, -0.15) is 0 Å². The lowest BCUT2D eigenvalue weighted by Crippen LogP contribution is -2.44. The van der Waals surface area contributed by atoms with Gasteiger partial charge in [-0.3, -0.25) is 4.79 Å². The van der Waals surface area contributed by atoms with E-state index in [1.807, 2.05) is 12.1 Å². The van der Waals surface area contributed by atoms with Crippen LogP contribution in [0.25, 0.3) is 0 Å². The van der Waals surface area contributed by atoms with Gasteiger partial charge in [-0.1, -0.05) is 35.3 Å². The van der Waals surface area contributed by atoms with E-state index >= 15 is 0 Å². The Kier molecular flexibility index (Phi) is 4.87. The van der Waals surface area contributed by atoms with Crippen molar-refractivity contribution in [2.45, 2.75) is 31.8 Å². The third-order valence-corrected chi connectivity index (χ3v) is 3.92. The van der Waals surface area contributed by atoms with Crippen molar-refractivity contribution in [3.05, 3.63) is 33.8 Å². The van der Waals surface area contributed by atoms with Crippen molar-refractivity contribution < 1.29 is 4.79 Å². The molecule has 0 aliphatic carbocycles. The third kappa shape index (κ3) is 3.61. The Bertz CT molecular complexity index is 437. The maximum absolute atomic E-state index is 11.2. The van der Waals surface area contributed by atoms with Crippen LogP contribution >= 0.6 is 23.2 Å². The van der Waals surface area contributed by atoms with E-state index in [0.29, 0.717) is 23.0 Å². The highest BCUT2D eigenvalue weighted by molar-refractivity contribution is 6.42. The minimum atomic E-state index is 0.147. The Morgan fingerprint density at radius 2 is 2.22 bits per heavy atom. The van der Waals surface area contributed by atoms with Crippen LogP contribution in [-0.2, 0) is 11.3 Å². The first-order valence-corrected chi connectivity index (χ1v) is 6.85. The smallest absolute Gasteiger partial charge is 0.220 e. The van der Waals surface area contributed by atoms with E-state index in [1.165, 1.54) is 0 Å². The van der Waals surface area contributed by atoms with E-state index in [9.17, 15) is 4.79 Å². The molecule has 0 radical (unpaired) electrons. The Hall–Kier alpha value is -0.770. The second-order valence-corrected chi connectivity index (χ2v) is 5.29. The second-order valence-electron chi connectivity index (χ2n) is 4.50. The molecule has 98 valence electrons. The summed E-state index contributed by atoms with van der Waals surface area (Å²) in [5.41, 5.74) is 0.978. The Labute approximate surface area is 117 Å². The highest BCUT2D eigenvalue weighted by Crippen LogP contribution is 2.25. The van der Waals surface area contributed by atoms with E-state index in [-0.39, 0.29) is 11.9 Å². The number of rotatable bonds is 4. The Morgan fingerprint density at radius 1 is 1.39 bits per heavy atom. The van der Waals surface area contributed by atoms with Gasteiger partial charge in [-0.05, 0) is 24.5 Å². The second kappa shape index (κ2) is 6.41. The largest absolute Gasteiger partial charge is 0.352 e. The van der Waals surface area contributed by atoms with Crippen molar-refractivity contribution in [3.63, 3.8) is 0 Å². The molecule has 1 aromatic rings. The van der Waals surface area contributed by atoms with E-state index in [4.69, 9.17) is 23.2 Å². The lowest BCUT2D eigenvalue weighted by Gasteiger charge is -2.23. The fourth-order valence-corrected chi connectivity index (χ4v) is 2.49. The molecular weight excluding hydrogens is 271 g/mol. The normalized spacial score (nSPS) is 19.7. The fraction of sp³-hybridized carbons (Fsp3) is 0.462. The summed E-state index contributed by atoms with van der Waals surface area (Å²) in [6, 6.07) is 5.83. The maximum atomic E-state index is 11.2. The highest BCUT2D eigenvalue weighted by Gasteiger charge is 2.17. The zero-order chi connectivity index (χ0) is 13.0. The number of nitrogens with one attached hydrogen (secondary N) is 2. The van der Waals surface area contributed by atoms with Crippen molar-refractivity contribution in [1.82, 2.24) is 10.6 Å². The van der Waals surface area contributed by atoms with Gasteiger partial charge < -0.3 is 10.6 Å². The van der Waals surface area contributed by atoms with Crippen molar-refractivity contribution >= 4 is 29.1 Å². The number of amides is 1. The van der Waals surface area contributed by atoms with E-state index in [0.717, 1.165) is 24.9 Å². The molecule has 1 aromatic carbocycles. The molecule has 1 saturated heterocycles. The molecule has 5 heteroatoms. The number of halogens is 2. The molecule has 0 bridgehead atoms. The van der Waals surface area contributed by atoms with Gasteiger partial charge in [0, 0.05) is 25.6 Å². The third-order valence-electron chi connectivity index (χ3n) is 3.06. The maximum Gasteiger partial charge on any atom is 0.220 e. The minimum Gasteiger partial charge on any atom is -0.352 e. The quantitative estimate of drug-likeness (QED) is 0.894. The Morgan fingerprint density at radius 3 is 3.00 bits per heavy atom. The summed E-state index contributed by atoms with van der Waals surface area (Å²) >= 11 is 12.0. The summed E-state index contributed by atoms with van der Waals surface area (Å²) in [4.78, 5) is 11.2. The molecule has 0 spiro atoms. The topological polar surface area (TPSA) is 41.1 Å². The number of carbonyl (C=O) groups is 1. The number of carbonyl (C=O) groups excluding carboxylic acids is 1. The minimum absolute atomic E-state index is 0.147. The predicted molar refractivity (Wildman–Crippen MR) is 74.0 cm³/mol. The first-order chi connectivity index (χ1) is 8.66. The van der Waals surface area contributed by atoms with Gasteiger partial charge in [-0.15, -0.1) is 0 Å². The average Bonchev–Trinajstić information content (AvgIpc) is 2.35. The molecule has 0 unspecified atom stereocenters. The van der Waals surface area contributed by atoms with Crippen molar-refractivity contribution in [3.8, 4) is 0 Å². The lowest BCUT2D eigenvalue weighted by molar-refractivity contribution is -0.123. The highest BCUT2D eigenvalue weighted by atomic mass is 35.5. The van der Waals surface area contributed by atoms with Crippen molar-refractivity contribution in [2.24, 2.45) is 0 Å². The summed E-state index contributed by atoms with van der Waals surface area (Å²) in [7, 11) is 0.